The molecule has 2 radical (unpaired) electrons. The van der Waals surface area contributed by atoms with Gasteiger partial charge in [-0.25, -0.2) is 0 Å². The van der Waals surface area contributed by atoms with Crippen molar-refractivity contribution in [3.63, 3.8) is 0 Å². The molecule has 0 saturated heterocycles. The Kier molecular flexibility index (Phi) is 238. The molecule has 0 spiro atoms. The van der Waals surface area contributed by atoms with Gasteiger partial charge in [-0.2, -0.15) is 0 Å². The van der Waals surface area contributed by atoms with Crippen LogP contribution in [0.25, 0.3) is 0 Å². The first-order chi connectivity index (χ1) is 0. The molecule has 0 aliphatic carbocycles. The van der Waals surface area contributed by atoms with Gasteiger partial charge in [-0.15, -0.1) is 0 Å². The molecule has 0 aliphatic rings. The molecule has 0 N–H and O–H groups in total. The normalized spacial score (nSPS) is 0. The van der Waals surface area contributed by atoms with Gasteiger partial charge < -0.3 is 0 Å². The standard InChI is InChI=1S/2Cd.Hg.2HTe.Zn/h;;;2*1H;. The average Bonchev–Trinajstić information content (AvgIpc) is 0. The van der Waals surface area contributed by atoms with Crippen molar-refractivity contribution in [1.82, 2.24) is 0 Å². The summed E-state index contributed by atoms with van der Waals surface area (Å²) in [6.07, 6.45) is 0. The van der Waals surface area contributed by atoms with Gasteiger partial charge in [-0.3, -0.25) is 0 Å². The molecule has 6 heteroatoms. The first-order valence-electron chi connectivity index (χ1n) is 0. The maximum atomic E-state index is 0. The number of hydrogen-bond donors (Lipinski definition) is 0. The first-order valence-corrected chi connectivity index (χ1v) is 0. The summed E-state index contributed by atoms with van der Waals surface area (Å²) in [5.41, 5.74) is 0. The average molecular weight is 748 g/mol. The molecule has 0 amide bonds. The third-order valence-electron chi connectivity index (χ3n) is 0. The Morgan fingerprint density at radius 3 is 0.667 bits per heavy atom. The summed E-state index contributed by atoms with van der Waals surface area (Å²) in [5, 5.41) is 0. The zero-order valence-corrected chi connectivity index (χ0v) is 25.4. The summed E-state index contributed by atoms with van der Waals surface area (Å²) in [6, 6.07) is 0. The van der Waals surface area contributed by atoms with Crippen LogP contribution in [0.4, 0.5) is 0 Å². The summed E-state index contributed by atoms with van der Waals surface area (Å²) < 4.78 is 0. The van der Waals surface area contributed by atoms with Crippen molar-refractivity contribution in [3.05, 3.63) is 0 Å². The molecule has 0 atom stereocenters. The summed E-state index contributed by atoms with van der Waals surface area (Å²) in [6.45, 7) is 0. The fraction of sp³-hybridized carbons (Fsp3) is 0. The Balaban J connectivity index is 0. The minimum atomic E-state index is 0. The van der Waals surface area contributed by atoms with E-state index in [0.29, 0.717) is 0 Å². The quantitative estimate of drug-likeness (QED) is 0.271. The topological polar surface area (TPSA) is 0 Å². The maximum Gasteiger partial charge on any atom is 0 e. The van der Waals surface area contributed by atoms with Gasteiger partial charge in [-0.1, -0.05) is 0 Å². The van der Waals surface area contributed by atoms with Crippen molar-refractivity contribution < 1.29 is 102 Å². The van der Waals surface area contributed by atoms with Crippen LogP contribution in [0.1, 0.15) is 0 Å². The molecule has 0 saturated carbocycles. The molecule has 0 nitrogen and oxygen atoms in total. The van der Waals surface area contributed by atoms with Crippen molar-refractivity contribution in [1.29, 1.82) is 0 Å². The zero-order valence-electron chi connectivity index (χ0n) is 3.72. The summed E-state index contributed by atoms with van der Waals surface area (Å²) in [4.78, 5) is 0. The monoisotopic (exact) mass is 756 g/mol. The van der Waals surface area contributed by atoms with Crippen LogP contribution in [-0.4, -0.2) is 47.3 Å². The van der Waals surface area contributed by atoms with Crippen LogP contribution in [0, 0.1) is 0 Å². The van der Waals surface area contributed by atoms with Crippen LogP contribution >= 0.6 is 0 Å². The van der Waals surface area contributed by atoms with E-state index in [4.69, 9.17) is 0 Å². The van der Waals surface area contributed by atoms with Gasteiger partial charge in [0.1, 0.15) is 0 Å². The van der Waals surface area contributed by atoms with Crippen LogP contribution < -0.4 is 0 Å². The van der Waals surface area contributed by atoms with Gasteiger partial charge in [0.25, 0.3) is 0 Å². The molecule has 0 bridgehead atoms. The molecule has 0 aromatic carbocycles. The molecule has 6 heavy (non-hydrogen) atoms. The fourth-order valence-electron chi connectivity index (χ4n) is 0. The van der Waals surface area contributed by atoms with Crippen LogP contribution in [0.3, 0.4) is 0 Å². The van der Waals surface area contributed by atoms with Gasteiger partial charge in [-0.05, 0) is 0 Å². The molecular weight excluding hydrogens is 746 g/mol. The smallest absolute Gasteiger partial charge is 0 e. The Morgan fingerprint density at radius 2 is 0.667 bits per heavy atom. The third kappa shape index (κ3) is 23.1. The van der Waals surface area contributed by atoms with Crippen molar-refractivity contribution in [3.8, 4) is 0 Å². The summed E-state index contributed by atoms with van der Waals surface area (Å²) in [5.74, 6) is 0. The molecule has 0 aliphatic heterocycles. The predicted octanol–water partition coefficient (Wildman–Crippen LogP) is -1.31. The van der Waals surface area contributed by atoms with E-state index in [9.17, 15) is 0 Å². The van der Waals surface area contributed by atoms with Crippen LogP contribution in [0.15, 0.2) is 0 Å². The van der Waals surface area contributed by atoms with Crippen LogP contribution in [-0.2, 0) is 102 Å². The maximum absolute atomic E-state index is 0. The first kappa shape index (κ1) is 44.1. The van der Waals surface area contributed by atoms with Crippen molar-refractivity contribution in [2.24, 2.45) is 0 Å². The van der Waals surface area contributed by atoms with E-state index in [-0.39, 0.29) is 149 Å². The van der Waals surface area contributed by atoms with E-state index >= 15 is 0 Å². The number of hydrogen-bond acceptors (Lipinski definition) is 0. The van der Waals surface area contributed by atoms with E-state index in [0.717, 1.165) is 0 Å². The molecule has 0 rings (SSSR count). The minimum absolute atomic E-state index is 0. The number of rotatable bonds is 0. The molecule has 0 fully saturated rings. The second-order valence-electron chi connectivity index (χ2n) is 0. The largest absolute Gasteiger partial charge is 0 e. The molecule has 0 aromatic rings. The van der Waals surface area contributed by atoms with Gasteiger partial charge in [0, 0.05) is 102 Å². The Hall–Kier alpha value is 4.98. The Morgan fingerprint density at radius 1 is 0.667 bits per heavy atom. The van der Waals surface area contributed by atoms with E-state index in [2.05, 4.69) is 0 Å². The van der Waals surface area contributed by atoms with Gasteiger partial charge >= 0.3 is 47.3 Å². The van der Waals surface area contributed by atoms with Crippen LogP contribution in [0.2, 0.25) is 0 Å². The minimum Gasteiger partial charge on any atom is 0 e. The molecule has 0 unspecified atom stereocenters. The predicted molar refractivity (Wildman–Crippen MR) is 14.3 cm³/mol. The second-order valence-corrected chi connectivity index (χ2v) is 0. The van der Waals surface area contributed by atoms with Crippen molar-refractivity contribution in [2.75, 3.05) is 0 Å². The fourth-order valence-corrected chi connectivity index (χ4v) is 0. The zero-order chi connectivity index (χ0) is 0. The Labute approximate surface area is 145 Å². The van der Waals surface area contributed by atoms with Gasteiger partial charge in [0.15, 0.2) is 0 Å². The van der Waals surface area contributed by atoms with Crippen LogP contribution in [0.5, 0.6) is 0 Å². The molecule has 0 heterocycles. The second kappa shape index (κ2) is 32.4. The van der Waals surface area contributed by atoms with Gasteiger partial charge in [0.2, 0.25) is 0 Å². The van der Waals surface area contributed by atoms with Crippen molar-refractivity contribution >= 4 is 47.3 Å². The van der Waals surface area contributed by atoms with E-state index < -0.39 is 0 Å². The van der Waals surface area contributed by atoms with E-state index in [1.165, 1.54) is 0 Å². The third-order valence-corrected chi connectivity index (χ3v) is 0. The Bertz CT molecular complexity index is 11.5. The molecule has 0 aromatic heterocycles. The summed E-state index contributed by atoms with van der Waals surface area (Å²) >= 11 is 0. The molecular formula is H2Cd2HgTe2Zn. The van der Waals surface area contributed by atoms with E-state index in [1.807, 2.05) is 0 Å². The molecule has 22 valence electrons. The summed E-state index contributed by atoms with van der Waals surface area (Å²) in [7, 11) is 0. The van der Waals surface area contributed by atoms with Crippen molar-refractivity contribution in [2.45, 2.75) is 0 Å². The SMILES string of the molecule is [Cd].[Cd].[Hg].[TeH].[TeH].[Zn]. The van der Waals surface area contributed by atoms with Gasteiger partial charge in [0.05, 0.1) is 0 Å². The van der Waals surface area contributed by atoms with E-state index in [1.54, 1.807) is 0 Å².